The minimum Gasteiger partial charge on any atom is -0.490 e. The first-order valence-electron chi connectivity index (χ1n) is 6.17. The highest BCUT2D eigenvalue weighted by Gasteiger charge is 2.02. The summed E-state index contributed by atoms with van der Waals surface area (Å²) in [5.41, 5.74) is 6.35. The van der Waals surface area contributed by atoms with Crippen molar-refractivity contribution < 1.29 is 9.47 Å². The average Bonchev–Trinajstić information content (AvgIpc) is 2.46. The number of nitrogens with two attached hydrogens (primary N) is 1. The number of hydrogen-bond donors (Lipinski definition) is 1. The zero-order valence-corrected chi connectivity index (χ0v) is 14.2. The molecule has 0 aliphatic rings. The molecule has 0 aliphatic heterocycles. The molecule has 0 saturated heterocycles. The van der Waals surface area contributed by atoms with Gasteiger partial charge in [-0.15, -0.1) is 0 Å². The van der Waals surface area contributed by atoms with Crippen LogP contribution in [0.15, 0.2) is 46.9 Å². The number of rotatable bonds is 6. The SMILES string of the molecule is NC(=S)c1ccc(OCCOc2ccc(Cl)cc2Br)cc1. The van der Waals surface area contributed by atoms with Gasteiger partial charge >= 0.3 is 0 Å². The molecule has 2 aromatic carbocycles. The Kier molecular flexibility index (Phi) is 5.85. The quantitative estimate of drug-likeness (QED) is 0.597. The van der Waals surface area contributed by atoms with Crippen LogP contribution in [0.5, 0.6) is 11.5 Å². The summed E-state index contributed by atoms with van der Waals surface area (Å²) in [6.45, 7) is 0.860. The monoisotopic (exact) mass is 385 g/mol. The number of benzene rings is 2. The molecular formula is C15H13BrClNO2S. The van der Waals surface area contributed by atoms with Crippen LogP contribution in [0.4, 0.5) is 0 Å². The van der Waals surface area contributed by atoms with Gasteiger partial charge in [-0.1, -0.05) is 23.8 Å². The van der Waals surface area contributed by atoms with E-state index in [1.54, 1.807) is 12.1 Å². The lowest BCUT2D eigenvalue weighted by atomic mass is 10.2. The molecule has 2 N–H and O–H groups in total. The van der Waals surface area contributed by atoms with Gasteiger partial charge in [0.1, 0.15) is 29.7 Å². The van der Waals surface area contributed by atoms with Gasteiger partial charge in [-0.2, -0.15) is 0 Å². The number of halogens is 2. The van der Waals surface area contributed by atoms with Crippen molar-refractivity contribution in [3.8, 4) is 11.5 Å². The topological polar surface area (TPSA) is 44.5 Å². The first-order chi connectivity index (χ1) is 10.1. The van der Waals surface area contributed by atoms with Crippen LogP contribution in [0.2, 0.25) is 5.02 Å². The molecule has 2 rings (SSSR count). The largest absolute Gasteiger partial charge is 0.490 e. The summed E-state index contributed by atoms with van der Waals surface area (Å²) in [7, 11) is 0. The van der Waals surface area contributed by atoms with Gasteiger partial charge in [0.05, 0.1) is 4.47 Å². The zero-order chi connectivity index (χ0) is 15.2. The van der Waals surface area contributed by atoms with E-state index in [0.717, 1.165) is 21.5 Å². The second-order valence-corrected chi connectivity index (χ2v) is 5.89. The first-order valence-corrected chi connectivity index (χ1v) is 7.74. The molecule has 6 heteroatoms. The van der Waals surface area contributed by atoms with Gasteiger partial charge in [0.15, 0.2) is 0 Å². The van der Waals surface area contributed by atoms with Gasteiger partial charge in [0.25, 0.3) is 0 Å². The van der Waals surface area contributed by atoms with E-state index in [2.05, 4.69) is 15.9 Å². The van der Waals surface area contributed by atoms with E-state index in [9.17, 15) is 0 Å². The third kappa shape index (κ3) is 4.88. The normalized spacial score (nSPS) is 10.2. The molecule has 0 heterocycles. The van der Waals surface area contributed by atoms with E-state index in [1.807, 2.05) is 30.3 Å². The highest BCUT2D eigenvalue weighted by molar-refractivity contribution is 9.10. The molecule has 0 aliphatic carbocycles. The Hall–Kier alpha value is -1.30. The Morgan fingerprint density at radius 3 is 2.38 bits per heavy atom. The molecule has 0 spiro atoms. The molecule has 0 radical (unpaired) electrons. The van der Waals surface area contributed by atoms with E-state index in [-0.39, 0.29) is 0 Å². The highest BCUT2D eigenvalue weighted by atomic mass is 79.9. The van der Waals surface area contributed by atoms with Crippen LogP contribution in [0.3, 0.4) is 0 Å². The van der Waals surface area contributed by atoms with Crippen molar-refractivity contribution in [1.82, 2.24) is 0 Å². The molecule has 2 aromatic rings. The van der Waals surface area contributed by atoms with Gasteiger partial charge in [-0.3, -0.25) is 0 Å². The van der Waals surface area contributed by atoms with Crippen molar-refractivity contribution in [1.29, 1.82) is 0 Å². The summed E-state index contributed by atoms with van der Waals surface area (Å²) in [5.74, 6) is 1.47. The number of hydrogen-bond acceptors (Lipinski definition) is 3. The lowest BCUT2D eigenvalue weighted by Gasteiger charge is -2.10. The van der Waals surface area contributed by atoms with Crippen molar-refractivity contribution in [2.45, 2.75) is 0 Å². The number of thiocarbonyl (C=S) groups is 1. The van der Waals surface area contributed by atoms with Crippen LogP contribution in [0, 0.1) is 0 Å². The smallest absolute Gasteiger partial charge is 0.133 e. The highest BCUT2D eigenvalue weighted by Crippen LogP contribution is 2.27. The summed E-state index contributed by atoms with van der Waals surface area (Å²) in [5, 5.41) is 0.656. The van der Waals surface area contributed by atoms with Gasteiger partial charge in [0.2, 0.25) is 0 Å². The molecule has 0 unspecified atom stereocenters. The van der Waals surface area contributed by atoms with Gasteiger partial charge in [0, 0.05) is 10.6 Å². The molecule has 0 aromatic heterocycles. The molecule has 0 saturated carbocycles. The Bertz CT molecular complexity index is 634. The summed E-state index contributed by atoms with van der Waals surface area (Å²) >= 11 is 14.1. The van der Waals surface area contributed by atoms with Crippen LogP contribution >= 0.6 is 39.7 Å². The van der Waals surface area contributed by atoms with Gasteiger partial charge in [-0.05, 0) is 58.4 Å². The molecule has 0 atom stereocenters. The predicted molar refractivity (Wildman–Crippen MR) is 92.5 cm³/mol. The first kappa shape index (κ1) is 16.1. The van der Waals surface area contributed by atoms with Crippen molar-refractivity contribution in [3.63, 3.8) is 0 Å². The minimum atomic E-state index is 0.373. The number of ether oxygens (including phenoxy) is 2. The van der Waals surface area contributed by atoms with Crippen molar-refractivity contribution in [3.05, 3.63) is 57.5 Å². The van der Waals surface area contributed by atoms with E-state index >= 15 is 0 Å². The summed E-state index contributed by atoms with van der Waals surface area (Å²) in [6, 6.07) is 12.7. The third-order valence-electron chi connectivity index (χ3n) is 2.64. The Labute approximate surface area is 142 Å². The van der Waals surface area contributed by atoms with Crippen molar-refractivity contribution in [2.24, 2.45) is 5.73 Å². The fraction of sp³-hybridized carbons (Fsp3) is 0.133. The fourth-order valence-electron chi connectivity index (χ4n) is 1.62. The zero-order valence-electron chi connectivity index (χ0n) is 11.0. The molecular weight excluding hydrogens is 374 g/mol. The van der Waals surface area contributed by atoms with E-state index in [0.29, 0.717) is 23.2 Å². The van der Waals surface area contributed by atoms with E-state index < -0.39 is 0 Å². The molecule has 21 heavy (non-hydrogen) atoms. The Morgan fingerprint density at radius 2 is 1.76 bits per heavy atom. The van der Waals surface area contributed by atoms with Gasteiger partial charge < -0.3 is 15.2 Å². The lowest BCUT2D eigenvalue weighted by Crippen LogP contribution is -2.10. The molecule has 110 valence electrons. The maximum absolute atomic E-state index is 5.86. The Morgan fingerprint density at radius 1 is 1.10 bits per heavy atom. The lowest BCUT2D eigenvalue weighted by molar-refractivity contribution is 0.216. The predicted octanol–water partition coefficient (Wildman–Crippen LogP) is 4.19. The summed E-state index contributed by atoms with van der Waals surface area (Å²) in [4.78, 5) is 0.373. The second kappa shape index (κ2) is 7.64. The van der Waals surface area contributed by atoms with Gasteiger partial charge in [-0.25, -0.2) is 0 Å². The maximum atomic E-state index is 5.86. The second-order valence-electron chi connectivity index (χ2n) is 4.16. The summed E-state index contributed by atoms with van der Waals surface area (Å²) < 4.78 is 12.0. The maximum Gasteiger partial charge on any atom is 0.133 e. The standard InChI is InChI=1S/C15H13BrClNO2S/c16-13-9-11(17)3-6-14(13)20-8-7-19-12-4-1-10(2-5-12)15(18)21/h1-6,9H,7-8H2,(H2,18,21). The molecule has 3 nitrogen and oxygen atoms in total. The average molecular weight is 387 g/mol. The molecule has 0 amide bonds. The fourth-order valence-corrected chi connectivity index (χ4v) is 2.55. The third-order valence-corrected chi connectivity index (χ3v) is 3.73. The van der Waals surface area contributed by atoms with E-state index in [1.165, 1.54) is 0 Å². The van der Waals surface area contributed by atoms with Crippen LogP contribution in [0.1, 0.15) is 5.56 Å². The van der Waals surface area contributed by atoms with Crippen LogP contribution in [-0.2, 0) is 0 Å². The Balaban J connectivity index is 1.80. The van der Waals surface area contributed by atoms with E-state index in [4.69, 9.17) is 39.0 Å². The van der Waals surface area contributed by atoms with Crippen molar-refractivity contribution in [2.75, 3.05) is 13.2 Å². The molecule has 0 bridgehead atoms. The van der Waals surface area contributed by atoms with Crippen LogP contribution in [0.25, 0.3) is 0 Å². The summed E-state index contributed by atoms with van der Waals surface area (Å²) in [6.07, 6.45) is 0. The minimum absolute atomic E-state index is 0.373. The van der Waals surface area contributed by atoms with Crippen molar-refractivity contribution >= 4 is 44.7 Å². The molecule has 0 fully saturated rings. The van der Waals surface area contributed by atoms with Crippen LogP contribution in [-0.4, -0.2) is 18.2 Å². The van der Waals surface area contributed by atoms with Crippen LogP contribution < -0.4 is 15.2 Å².